The highest BCUT2D eigenvalue weighted by Crippen LogP contribution is 2.25. The first-order chi connectivity index (χ1) is 6.95. The first-order valence-corrected chi connectivity index (χ1v) is 5.42. The van der Waals surface area contributed by atoms with Gasteiger partial charge in [0, 0.05) is 19.0 Å². The van der Waals surface area contributed by atoms with E-state index in [1.807, 2.05) is 13.8 Å². The molecular weight excluding hydrogens is 212 g/mol. The summed E-state index contributed by atoms with van der Waals surface area (Å²) in [6.07, 6.45) is 0. The predicted octanol–water partition coefficient (Wildman–Crippen LogP) is 0.916. The Hall–Kier alpha value is -1.36. The molecule has 0 atom stereocenters. The molecule has 0 N–H and O–H groups in total. The van der Waals surface area contributed by atoms with Crippen molar-refractivity contribution in [2.75, 3.05) is 0 Å². The van der Waals surface area contributed by atoms with Gasteiger partial charge in [-0.05, 0) is 19.4 Å². The maximum absolute atomic E-state index is 11.9. The van der Waals surface area contributed by atoms with Gasteiger partial charge in [-0.1, -0.05) is 0 Å². The van der Waals surface area contributed by atoms with E-state index in [1.54, 1.807) is 7.05 Å². The topological polar surface area (TPSA) is 44.0 Å². The van der Waals surface area contributed by atoms with Gasteiger partial charge >= 0.3 is 5.69 Å². The van der Waals surface area contributed by atoms with Crippen LogP contribution in [0.3, 0.4) is 0 Å². The monoisotopic (exact) mass is 224 g/mol. The molecule has 2 rings (SSSR count). The van der Waals surface area contributed by atoms with E-state index in [2.05, 4.69) is 0 Å². The molecule has 0 fully saturated rings. The summed E-state index contributed by atoms with van der Waals surface area (Å²) in [5.74, 6) is 0. The van der Waals surface area contributed by atoms with Crippen molar-refractivity contribution in [1.29, 1.82) is 0 Å². The van der Waals surface area contributed by atoms with E-state index in [0.717, 1.165) is 19.8 Å². The van der Waals surface area contributed by atoms with Gasteiger partial charge in [-0.2, -0.15) is 0 Å². The number of fused-ring (bicyclic) bond motifs is 1. The van der Waals surface area contributed by atoms with E-state index in [9.17, 15) is 9.59 Å². The van der Waals surface area contributed by atoms with Gasteiger partial charge in [-0.25, -0.2) is 4.79 Å². The zero-order valence-electron chi connectivity index (χ0n) is 9.12. The summed E-state index contributed by atoms with van der Waals surface area (Å²) in [5.41, 5.74) is 0.509. The smallest absolute Gasteiger partial charge is 0.287 e. The molecule has 0 spiro atoms. The molecule has 0 aliphatic rings. The van der Waals surface area contributed by atoms with E-state index < -0.39 is 0 Å². The summed E-state index contributed by atoms with van der Waals surface area (Å²) in [7, 11) is 3.20. The fourth-order valence-corrected chi connectivity index (χ4v) is 2.77. The lowest BCUT2D eigenvalue weighted by Gasteiger charge is -2.02. The lowest BCUT2D eigenvalue weighted by atomic mass is 10.2. The molecule has 4 nitrogen and oxygen atoms in total. The lowest BCUT2D eigenvalue weighted by molar-refractivity contribution is 0.717. The van der Waals surface area contributed by atoms with Crippen molar-refractivity contribution in [3.05, 3.63) is 31.3 Å². The van der Waals surface area contributed by atoms with Crippen LogP contribution in [0.5, 0.6) is 0 Å². The molecule has 0 bridgehead atoms. The van der Waals surface area contributed by atoms with Crippen LogP contribution in [0.25, 0.3) is 10.2 Å². The van der Waals surface area contributed by atoms with Gasteiger partial charge in [0.2, 0.25) is 0 Å². The van der Waals surface area contributed by atoms with Crippen LogP contribution in [-0.2, 0) is 14.1 Å². The van der Waals surface area contributed by atoms with Gasteiger partial charge in [-0.3, -0.25) is 13.9 Å². The quantitative estimate of drug-likeness (QED) is 0.667. The summed E-state index contributed by atoms with van der Waals surface area (Å²) >= 11 is 1.49. The molecule has 0 aliphatic heterocycles. The van der Waals surface area contributed by atoms with Crippen molar-refractivity contribution in [2.45, 2.75) is 13.8 Å². The normalized spacial score (nSPS) is 11.2. The number of rotatable bonds is 0. The average molecular weight is 224 g/mol. The van der Waals surface area contributed by atoms with Crippen molar-refractivity contribution in [3.63, 3.8) is 0 Å². The second-order valence-corrected chi connectivity index (χ2v) is 4.87. The minimum atomic E-state index is -0.270. The molecule has 0 radical (unpaired) electrons. The number of hydrogen-bond acceptors (Lipinski definition) is 3. The van der Waals surface area contributed by atoms with Crippen molar-refractivity contribution in [2.24, 2.45) is 14.1 Å². The molecule has 15 heavy (non-hydrogen) atoms. The molecule has 2 aromatic heterocycles. The van der Waals surface area contributed by atoms with Crippen LogP contribution in [0.2, 0.25) is 0 Å². The maximum Gasteiger partial charge on any atom is 0.331 e. The van der Waals surface area contributed by atoms with Crippen molar-refractivity contribution < 1.29 is 0 Å². The standard InChI is InChI=1S/C10H12N2O2S/c1-5-6(2)15-9-7(5)8(13)11(3)10(14)12(9)4/h1-4H3. The maximum atomic E-state index is 11.9. The minimum Gasteiger partial charge on any atom is -0.287 e. The van der Waals surface area contributed by atoms with E-state index in [1.165, 1.54) is 23.0 Å². The Labute approximate surface area is 90.4 Å². The molecule has 2 aromatic rings. The van der Waals surface area contributed by atoms with Gasteiger partial charge in [0.1, 0.15) is 4.83 Å². The zero-order valence-corrected chi connectivity index (χ0v) is 9.94. The molecule has 0 aromatic carbocycles. The summed E-state index contributed by atoms with van der Waals surface area (Å²) < 4.78 is 2.68. The van der Waals surface area contributed by atoms with E-state index in [4.69, 9.17) is 0 Å². The molecule has 80 valence electrons. The SMILES string of the molecule is Cc1sc2c(c1C)c(=O)n(C)c(=O)n2C. The fraction of sp³-hybridized carbons (Fsp3) is 0.400. The van der Waals surface area contributed by atoms with E-state index in [-0.39, 0.29) is 11.2 Å². The third kappa shape index (κ3) is 1.19. The molecule has 0 saturated heterocycles. The van der Waals surface area contributed by atoms with Gasteiger partial charge in [0.05, 0.1) is 5.39 Å². The Kier molecular flexibility index (Phi) is 2.08. The minimum absolute atomic E-state index is 0.199. The first-order valence-electron chi connectivity index (χ1n) is 4.61. The molecule has 2 heterocycles. The zero-order chi connectivity index (χ0) is 11.3. The second kappa shape index (κ2) is 3.06. The van der Waals surface area contributed by atoms with Crippen LogP contribution in [0.15, 0.2) is 9.59 Å². The molecular formula is C10H12N2O2S. The van der Waals surface area contributed by atoms with Gasteiger partial charge in [0.25, 0.3) is 5.56 Å². The highest BCUT2D eigenvalue weighted by molar-refractivity contribution is 7.18. The lowest BCUT2D eigenvalue weighted by Crippen LogP contribution is -2.36. The summed E-state index contributed by atoms with van der Waals surface area (Å²) in [4.78, 5) is 25.4. The predicted molar refractivity (Wildman–Crippen MR) is 61.8 cm³/mol. The molecule has 0 saturated carbocycles. The summed E-state index contributed by atoms with van der Waals surface area (Å²) in [6, 6.07) is 0. The van der Waals surface area contributed by atoms with Crippen molar-refractivity contribution in [1.82, 2.24) is 9.13 Å². The Bertz CT molecular complexity index is 661. The number of aromatic nitrogens is 2. The summed E-state index contributed by atoms with van der Waals surface area (Å²) in [5, 5.41) is 0.669. The van der Waals surface area contributed by atoms with Gasteiger partial charge in [0.15, 0.2) is 0 Å². The first kappa shape index (κ1) is 10.2. The number of aryl methyl sites for hydroxylation is 3. The highest BCUT2D eigenvalue weighted by Gasteiger charge is 2.14. The van der Waals surface area contributed by atoms with Gasteiger partial charge < -0.3 is 0 Å². The Balaban J connectivity index is 3.23. The number of thiophene rings is 1. The van der Waals surface area contributed by atoms with Crippen LogP contribution in [0.1, 0.15) is 10.4 Å². The van der Waals surface area contributed by atoms with Gasteiger partial charge in [-0.15, -0.1) is 11.3 Å². The van der Waals surface area contributed by atoms with Crippen LogP contribution >= 0.6 is 11.3 Å². The van der Waals surface area contributed by atoms with E-state index in [0.29, 0.717) is 5.39 Å². The average Bonchev–Trinajstić information content (AvgIpc) is 2.50. The van der Waals surface area contributed by atoms with Crippen molar-refractivity contribution in [3.8, 4) is 0 Å². The number of hydrogen-bond donors (Lipinski definition) is 0. The highest BCUT2D eigenvalue weighted by atomic mass is 32.1. The molecule has 0 amide bonds. The Morgan fingerprint density at radius 3 is 2.27 bits per heavy atom. The fourth-order valence-electron chi connectivity index (χ4n) is 1.66. The Morgan fingerprint density at radius 2 is 1.67 bits per heavy atom. The largest absolute Gasteiger partial charge is 0.331 e. The number of nitrogens with zero attached hydrogens (tertiary/aromatic N) is 2. The third-order valence-electron chi connectivity index (χ3n) is 2.76. The van der Waals surface area contributed by atoms with Crippen molar-refractivity contribution >= 4 is 21.6 Å². The Morgan fingerprint density at radius 1 is 1.07 bits per heavy atom. The van der Waals surface area contributed by atoms with E-state index >= 15 is 0 Å². The van der Waals surface area contributed by atoms with Crippen LogP contribution in [0.4, 0.5) is 0 Å². The van der Waals surface area contributed by atoms with Crippen LogP contribution in [-0.4, -0.2) is 9.13 Å². The second-order valence-electron chi connectivity index (χ2n) is 3.67. The van der Waals surface area contributed by atoms with Crippen LogP contribution < -0.4 is 11.2 Å². The van der Waals surface area contributed by atoms with Crippen LogP contribution in [0, 0.1) is 13.8 Å². The molecule has 0 unspecified atom stereocenters. The summed E-state index contributed by atoms with van der Waals surface area (Å²) in [6.45, 7) is 3.88. The third-order valence-corrected chi connectivity index (χ3v) is 4.05. The molecule has 0 aliphatic carbocycles. The molecule has 5 heteroatoms.